The van der Waals surface area contributed by atoms with Crippen molar-refractivity contribution in [3.63, 3.8) is 0 Å². The van der Waals surface area contributed by atoms with Gasteiger partial charge in [-0.05, 0) is 23.7 Å². The first kappa shape index (κ1) is 13.0. The molecule has 3 N–H and O–H groups in total. The normalized spacial score (nSPS) is 13.5. The highest BCUT2D eigenvalue weighted by atomic mass is 16.3. The van der Waals surface area contributed by atoms with Crippen LogP contribution in [0.4, 0.5) is 0 Å². The van der Waals surface area contributed by atoms with E-state index in [0.29, 0.717) is 6.29 Å². The smallest absolute Gasteiger partial charge is 0.150 e. The number of aliphatic hydroxyl groups excluding tert-OH is 2. The van der Waals surface area contributed by atoms with Gasteiger partial charge in [-0.15, -0.1) is 0 Å². The molecule has 0 aromatic heterocycles. The molecule has 1 aromatic carbocycles. The summed E-state index contributed by atoms with van der Waals surface area (Å²) in [5, 5.41) is 31.8. The maximum Gasteiger partial charge on any atom is 0.150 e. The van der Waals surface area contributed by atoms with Crippen LogP contribution in [-0.4, -0.2) is 34.3 Å². The van der Waals surface area contributed by atoms with Crippen LogP contribution in [0.2, 0.25) is 0 Å². The van der Waals surface area contributed by atoms with Crippen LogP contribution >= 0.6 is 0 Å². The zero-order valence-electron chi connectivity index (χ0n) is 8.76. The standard InChI is InChI=1S/C10H11N3O4/c11-13-12-4-9(16)10(17)7-3-6(5-14)1-2-8(7)15/h1-3,5,9-10,15-17H,4H2. The molecule has 7 heteroatoms. The first-order valence-electron chi connectivity index (χ1n) is 4.75. The van der Waals surface area contributed by atoms with Crippen LogP contribution in [0.1, 0.15) is 22.0 Å². The Kier molecular flexibility index (Phi) is 4.47. The number of phenolic OH excluding ortho intramolecular Hbond substituents is 1. The molecule has 7 nitrogen and oxygen atoms in total. The minimum atomic E-state index is -1.43. The van der Waals surface area contributed by atoms with E-state index in [2.05, 4.69) is 10.0 Å². The minimum Gasteiger partial charge on any atom is -0.508 e. The number of aliphatic hydroxyl groups is 2. The van der Waals surface area contributed by atoms with Crippen molar-refractivity contribution in [2.24, 2.45) is 5.11 Å². The van der Waals surface area contributed by atoms with Crippen LogP contribution in [0.15, 0.2) is 23.3 Å². The number of aromatic hydroxyl groups is 1. The van der Waals surface area contributed by atoms with E-state index in [9.17, 15) is 20.1 Å². The van der Waals surface area contributed by atoms with Crippen molar-refractivity contribution in [1.29, 1.82) is 0 Å². The zero-order chi connectivity index (χ0) is 12.8. The van der Waals surface area contributed by atoms with Gasteiger partial charge in [0.2, 0.25) is 0 Å². The van der Waals surface area contributed by atoms with Crippen molar-refractivity contribution >= 4 is 6.29 Å². The Morgan fingerprint density at radius 3 is 2.76 bits per heavy atom. The zero-order valence-corrected chi connectivity index (χ0v) is 8.76. The highest BCUT2D eigenvalue weighted by molar-refractivity contribution is 5.75. The van der Waals surface area contributed by atoms with E-state index in [4.69, 9.17) is 5.53 Å². The summed E-state index contributed by atoms with van der Waals surface area (Å²) in [6, 6.07) is 3.87. The highest BCUT2D eigenvalue weighted by Crippen LogP contribution is 2.27. The molecule has 0 fully saturated rings. The van der Waals surface area contributed by atoms with Gasteiger partial charge in [-0.1, -0.05) is 5.11 Å². The maximum atomic E-state index is 10.5. The molecule has 2 atom stereocenters. The minimum absolute atomic E-state index is 0.00948. The van der Waals surface area contributed by atoms with E-state index >= 15 is 0 Å². The highest BCUT2D eigenvalue weighted by Gasteiger charge is 2.21. The van der Waals surface area contributed by atoms with E-state index in [1.807, 2.05) is 0 Å². The van der Waals surface area contributed by atoms with Gasteiger partial charge >= 0.3 is 0 Å². The number of carbonyl (C=O) groups excluding carboxylic acids is 1. The fourth-order valence-electron chi connectivity index (χ4n) is 1.31. The molecule has 0 aliphatic heterocycles. The summed E-state index contributed by atoms with van der Waals surface area (Å²) < 4.78 is 0. The summed E-state index contributed by atoms with van der Waals surface area (Å²) in [5.74, 6) is -0.247. The van der Waals surface area contributed by atoms with E-state index in [1.165, 1.54) is 18.2 Å². The summed E-state index contributed by atoms with van der Waals surface area (Å²) in [4.78, 5) is 13.0. The Labute approximate surface area is 96.6 Å². The number of hydrogen-bond acceptors (Lipinski definition) is 5. The molecule has 2 unspecified atom stereocenters. The Bertz CT molecular complexity index is 457. The SMILES string of the molecule is [N-]=[N+]=NCC(O)C(O)c1cc(C=O)ccc1O. The Morgan fingerprint density at radius 2 is 2.18 bits per heavy atom. The molecule has 0 radical (unpaired) electrons. The quantitative estimate of drug-likeness (QED) is 0.304. The van der Waals surface area contributed by atoms with E-state index in [1.54, 1.807) is 0 Å². The average molecular weight is 237 g/mol. The largest absolute Gasteiger partial charge is 0.508 e. The number of nitrogens with zero attached hydrogens (tertiary/aromatic N) is 3. The van der Waals surface area contributed by atoms with Crippen LogP contribution in [0, 0.1) is 0 Å². The molecular formula is C10H11N3O4. The van der Waals surface area contributed by atoms with E-state index < -0.39 is 12.2 Å². The molecule has 1 rings (SSSR count). The fraction of sp³-hybridized carbons (Fsp3) is 0.300. The lowest BCUT2D eigenvalue weighted by Crippen LogP contribution is -2.21. The topological polar surface area (TPSA) is 127 Å². The molecule has 0 bridgehead atoms. The predicted molar refractivity (Wildman–Crippen MR) is 58.5 cm³/mol. The number of aldehydes is 1. The molecule has 0 spiro atoms. The lowest BCUT2D eigenvalue weighted by molar-refractivity contribution is 0.0230. The molecule has 0 aliphatic carbocycles. The van der Waals surface area contributed by atoms with Gasteiger partial charge < -0.3 is 15.3 Å². The lowest BCUT2D eigenvalue weighted by Gasteiger charge is -2.17. The molecule has 0 amide bonds. The van der Waals surface area contributed by atoms with Crippen molar-refractivity contribution in [3.8, 4) is 5.75 Å². The third kappa shape index (κ3) is 3.18. The van der Waals surface area contributed by atoms with E-state index in [-0.39, 0.29) is 23.4 Å². The molecule has 0 saturated carbocycles. The summed E-state index contributed by atoms with van der Waals surface area (Å²) in [6.45, 7) is -0.331. The predicted octanol–water partition coefficient (Wildman–Crippen LogP) is 0.909. The molecule has 1 aromatic rings. The van der Waals surface area contributed by atoms with Gasteiger partial charge in [-0.2, -0.15) is 0 Å². The molecule has 17 heavy (non-hydrogen) atoms. The molecular weight excluding hydrogens is 226 g/mol. The summed E-state index contributed by atoms with van der Waals surface area (Å²) >= 11 is 0. The third-order valence-corrected chi connectivity index (χ3v) is 2.20. The number of hydrogen-bond donors (Lipinski definition) is 3. The van der Waals surface area contributed by atoms with Crippen molar-refractivity contribution in [1.82, 2.24) is 0 Å². The van der Waals surface area contributed by atoms with Crippen molar-refractivity contribution in [3.05, 3.63) is 39.8 Å². The first-order valence-corrected chi connectivity index (χ1v) is 4.75. The van der Waals surface area contributed by atoms with Gasteiger partial charge in [0.15, 0.2) is 0 Å². The number of phenols is 1. The number of benzene rings is 1. The number of azide groups is 1. The molecule has 0 saturated heterocycles. The van der Waals surface area contributed by atoms with Crippen molar-refractivity contribution in [2.75, 3.05) is 6.54 Å². The number of carbonyl (C=O) groups is 1. The summed E-state index contributed by atoms with van der Waals surface area (Å²) in [5.41, 5.74) is 8.34. The fourth-order valence-corrected chi connectivity index (χ4v) is 1.31. The molecule has 0 aliphatic rings. The lowest BCUT2D eigenvalue weighted by atomic mass is 10.0. The van der Waals surface area contributed by atoms with Gasteiger partial charge in [0.1, 0.15) is 18.1 Å². The molecule has 90 valence electrons. The molecule has 0 heterocycles. The Balaban J connectivity index is 2.97. The summed E-state index contributed by atoms with van der Waals surface area (Å²) in [7, 11) is 0. The van der Waals surface area contributed by atoms with Crippen LogP contribution in [0.5, 0.6) is 5.75 Å². The maximum absolute atomic E-state index is 10.5. The monoisotopic (exact) mass is 237 g/mol. The van der Waals surface area contributed by atoms with Gasteiger partial charge in [0.25, 0.3) is 0 Å². The van der Waals surface area contributed by atoms with Crippen molar-refractivity contribution in [2.45, 2.75) is 12.2 Å². The second-order valence-corrected chi connectivity index (χ2v) is 3.36. The van der Waals surface area contributed by atoms with Crippen molar-refractivity contribution < 1.29 is 20.1 Å². The summed E-state index contributed by atoms with van der Waals surface area (Å²) in [6.07, 6.45) is -2.23. The second kappa shape index (κ2) is 5.86. The van der Waals surface area contributed by atoms with Crippen LogP contribution in [0.3, 0.4) is 0 Å². The van der Waals surface area contributed by atoms with E-state index in [0.717, 1.165) is 0 Å². The van der Waals surface area contributed by atoms with Crippen LogP contribution in [-0.2, 0) is 0 Å². The Morgan fingerprint density at radius 1 is 1.47 bits per heavy atom. The van der Waals surface area contributed by atoms with Crippen LogP contribution in [0.25, 0.3) is 10.4 Å². The third-order valence-electron chi connectivity index (χ3n) is 2.20. The average Bonchev–Trinajstić information content (AvgIpc) is 2.35. The first-order chi connectivity index (χ1) is 8.10. The Hall–Kier alpha value is -2.08. The van der Waals surface area contributed by atoms with Gasteiger partial charge in [0.05, 0.1) is 12.6 Å². The van der Waals surface area contributed by atoms with Gasteiger partial charge in [-0.25, -0.2) is 0 Å². The van der Waals surface area contributed by atoms with Gasteiger partial charge in [-0.3, -0.25) is 4.79 Å². The van der Waals surface area contributed by atoms with Gasteiger partial charge in [0, 0.05) is 16.0 Å². The second-order valence-electron chi connectivity index (χ2n) is 3.36. The number of rotatable bonds is 5. The van der Waals surface area contributed by atoms with Crippen LogP contribution < -0.4 is 0 Å².